The molecule has 0 aromatic carbocycles. The maximum Gasteiger partial charge on any atom is 0.157 e. The molecule has 0 aromatic heterocycles. The second kappa shape index (κ2) is 4.50. The highest BCUT2D eigenvalue weighted by Crippen LogP contribution is 2.29. The SMILES string of the molecule is CSS[C@H](F)C(C)C. The van der Waals surface area contributed by atoms with Crippen LogP contribution in [-0.4, -0.2) is 11.8 Å². The fraction of sp³-hybridized carbons (Fsp3) is 1.00. The summed E-state index contributed by atoms with van der Waals surface area (Å²) < 4.78 is 12.5. The van der Waals surface area contributed by atoms with Gasteiger partial charge in [-0.1, -0.05) is 35.4 Å². The van der Waals surface area contributed by atoms with Crippen molar-refractivity contribution in [1.29, 1.82) is 0 Å². The van der Waals surface area contributed by atoms with Gasteiger partial charge in [0.2, 0.25) is 0 Å². The fourth-order valence-corrected chi connectivity index (χ4v) is 1.83. The molecule has 0 amide bonds. The summed E-state index contributed by atoms with van der Waals surface area (Å²) in [6.07, 6.45) is 1.89. The van der Waals surface area contributed by atoms with Crippen molar-refractivity contribution in [2.75, 3.05) is 6.26 Å². The summed E-state index contributed by atoms with van der Waals surface area (Å²) in [5.74, 6) is 0.146. The van der Waals surface area contributed by atoms with Crippen LogP contribution in [0.1, 0.15) is 13.8 Å². The molecule has 0 saturated carbocycles. The van der Waals surface area contributed by atoms with Crippen LogP contribution in [0.25, 0.3) is 0 Å². The van der Waals surface area contributed by atoms with Gasteiger partial charge < -0.3 is 0 Å². The van der Waals surface area contributed by atoms with Crippen LogP contribution in [0, 0.1) is 5.92 Å². The molecule has 0 heterocycles. The predicted octanol–water partition coefficient (Wildman–Crippen LogP) is 2.95. The molecule has 0 unspecified atom stereocenters. The van der Waals surface area contributed by atoms with Gasteiger partial charge in [0.15, 0.2) is 5.50 Å². The lowest BCUT2D eigenvalue weighted by Gasteiger charge is -2.07. The Labute approximate surface area is 58.0 Å². The van der Waals surface area contributed by atoms with Gasteiger partial charge in [-0.25, -0.2) is 4.39 Å². The Kier molecular flexibility index (Phi) is 4.86. The van der Waals surface area contributed by atoms with Crippen molar-refractivity contribution in [3.8, 4) is 0 Å². The minimum absolute atomic E-state index is 0.146. The van der Waals surface area contributed by atoms with Crippen LogP contribution in [0.4, 0.5) is 4.39 Å². The maximum atomic E-state index is 12.5. The molecule has 50 valence electrons. The molecule has 0 bridgehead atoms. The summed E-state index contributed by atoms with van der Waals surface area (Å²) in [6, 6.07) is 0. The van der Waals surface area contributed by atoms with E-state index < -0.39 is 5.50 Å². The van der Waals surface area contributed by atoms with Gasteiger partial charge in [-0.3, -0.25) is 0 Å². The maximum absolute atomic E-state index is 12.5. The van der Waals surface area contributed by atoms with Crippen molar-refractivity contribution >= 4 is 21.6 Å². The third-order valence-electron chi connectivity index (χ3n) is 0.712. The Bertz CT molecular complexity index is 56.4. The Morgan fingerprint density at radius 2 is 1.88 bits per heavy atom. The number of hydrogen-bond acceptors (Lipinski definition) is 2. The monoisotopic (exact) mass is 154 g/mol. The van der Waals surface area contributed by atoms with E-state index in [1.807, 2.05) is 20.1 Å². The fourth-order valence-electron chi connectivity index (χ4n) is 0.203. The van der Waals surface area contributed by atoms with Gasteiger partial charge in [0.25, 0.3) is 0 Å². The summed E-state index contributed by atoms with van der Waals surface area (Å²) in [6.45, 7) is 3.77. The second-order valence-electron chi connectivity index (χ2n) is 1.86. The number of rotatable bonds is 3. The van der Waals surface area contributed by atoms with E-state index in [0.29, 0.717) is 0 Å². The molecule has 0 saturated heterocycles. The summed E-state index contributed by atoms with van der Waals surface area (Å²) in [5, 5.41) is 0. The summed E-state index contributed by atoms with van der Waals surface area (Å²) in [4.78, 5) is 0. The van der Waals surface area contributed by atoms with Gasteiger partial charge in [-0.2, -0.15) is 0 Å². The van der Waals surface area contributed by atoms with Crippen molar-refractivity contribution in [3.63, 3.8) is 0 Å². The molecule has 0 nitrogen and oxygen atoms in total. The molecule has 3 heteroatoms. The van der Waals surface area contributed by atoms with E-state index in [1.54, 1.807) is 0 Å². The molecule has 8 heavy (non-hydrogen) atoms. The molecule has 0 aliphatic rings. The average Bonchev–Trinajstić information content (AvgIpc) is 1.67. The molecule has 1 atom stereocenters. The van der Waals surface area contributed by atoms with Gasteiger partial charge in [0.1, 0.15) is 0 Å². The van der Waals surface area contributed by atoms with Crippen molar-refractivity contribution in [2.24, 2.45) is 5.92 Å². The minimum atomic E-state index is -0.704. The van der Waals surface area contributed by atoms with Crippen LogP contribution in [0.2, 0.25) is 0 Å². The third kappa shape index (κ3) is 3.61. The molecular weight excluding hydrogens is 143 g/mol. The van der Waals surface area contributed by atoms with Crippen LogP contribution < -0.4 is 0 Å². The van der Waals surface area contributed by atoms with Gasteiger partial charge >= 0.3 is 0 Å². The zero-order chi connectivity index (χ0) is 6.57. The second-order valence-corrected chi connectivity index (χ2v) is 4.41. The molecule has 0 spiro atoms. The summed E-state index contributed by atoms with van der Waals surface area (Å²) in [7, 11) is 2.77. The third-order valence-corrected chi connectivity index (χ3v) is 2.76. The largest absolute Gasteiger partial charge is 0.234 e. The molecule has 0 aliphatic carbocycles. The lowest BCUT2D eigenvalue weighted by molar-refractivity contribution is 0.365. The molecular formula is C5H11FS2. The van der Waals surface area contributed by atoms with Gasteiger partial charge in [-0.05, 0) is 12.2 Å². The first kappa shape index (κ1) is 8.63. The average molecular weight is 154 g/mol. The van der Waals surface area contributed by atoms with E-state index in [-0.39, 0.29) is 5.92 Å². The highest BCUT2D eigenvalue weighted by Gasteiger charge is 2.09. The predicted molar refractivity (Wildman–Crippen MR) is 40.8 cm³/mol. The molecule has 0 rings (SSSR count). The lowest BCUT2D eigenvalue weighted by atomic mass is 10.3. The van der Waals surface area contributed by atoms with Crippen molar-refractivity contribution in [2.45, 2.75) is 19.4 Å². The van der Waals surface area contributed by atoms with E-state index in [2.05, 4.69) is 0 Å². The molecule has 0 N–H and O–H groups in total. The van der Waals surface area contributed by atoms with Gasteiger partial charge in [0.05, 0.1) is 0 Å². The Morgan fingerprint density at radius 3 is 2.00 bits per heavy atom. The van der Waals surface area contributed by atoms with Crippen LogP contribution in [0.15, 0.2) is 0 Å². The van der Waals surface area contributed by atoms with E-state index in [1.165, 1.54) is 21.6 Å². The first-order valence-corrected chi connectivity index (χ1v) is 5.14. The van der Waals surface area contributed by atoms with Crippen molar-refractivity contribution in [1.82, 2.24) is 0 Å². The quantitative estimate of drug-likeness (QED) is 0.573. The van der Waals surface area contributed by atoms with Crippen LogP contribution in [-0.2, 0) is 0 Å². The summed E-state index contributed by atoms with van der Waals surface area (Å²) in [5.41, 5.74) is -0.704. The van der Waals surface area contributed by atoms with Crippen LogP contribution >= 0.6 is 21.6 Å². The highest BCUT2D eigenvalue weighted by atomic mass is 33.1. The molecule has 0 radical (unpaired) electrons. The molecule has 0 fully saturated rings. The van der Waals surface area contributed by atoms with Crippen molar-refractivity contribution in [3.05, 3.63) is 0 Å². The number of hydrogen-bond donors (Lipinski definition) is 0. The first-order chi connectivity index (χ1) is 3.68. The Morgan fingerprint density at radius 1 is 1.38 bits per heavy atom. The van der Waals surface area contributed by atoms with Crippen LogP contribution in [0.5, 0.6) is 0 Å². The van der Waals surface area contributed by atoms with E-state index in [4.69, 9.17) is 0 Å². The Balaban J connectivity index is 3.17. The highest BCUT2D eigenvalue weighted by molar-refractivity contribution is 8.76. The first-order valence-electron chi connectivity index (χ1n) is 2.52. The zero-order valence-electron chi connectivity index (χ0n) is 5.35. The van der Waals surface area contributed by atoms with Gasteiger partial charge in [-0.15, -0.1) is 0 Å². The van der Waals surface area contributed by atoms with E-state index >= 15 is 0 Å². The standard InChI is InChI=1S/C5H11FS2/c1-4(2)5(6)8-7-3/h4-5H,1-3H3/t5-/m0/s1. The molecule has 0 aliphatic heterocycles. The number of halogens is 1. The molecule has 0 aromatic rings. The Hall–Kier alpha value is 0.630. The summed E-state index contributed by atoms with van der Waals surface area (Å²) >= 11 is 0. The smallest absolute Gasteiger partial charge is 0.157 e. The van der Waals surface area contributed by atoms with E-state index in [9.17, 15) is 4.39 Å². The number of alkyl halides is 1. The lowest BCUT2D eigenvalue weighted by Crippen LogP contribution is -2.00. The zero-order valence-corrected chi connectivity index (χ0v) is 6.98. The normalized spacial score (nSPS) is 14.6. The topological polar surface area (TPSA) is 0 Å². The minimum Gasteiger partial charge on any atom is -0.234 e. The van der Waals surface area contributed by atoms with Gasteiger partial charge in [0, 0.05) is 0 Å². The van der Waals surface area contributed by atoms with E-state index in [0.717, 1.165) is 0 Å². The van der Waals surface area contributed by atoms with Crippen molar-refractivity contribution < 1.29 is 4.39 Å². The van der Waals surface area contributed by atoms with Crippen LogP contribution in [0.3, 0.4) is 0 Å².